The average molecular weight is 186 g/mol. The van der Waals surface area contributed by atoms with Gasteiger partial charge in [-0.05, 0) is 32.9 Å². The molecular formula is C10H22N2O. The van der Waals surface area contributed by atoms with Gasteiger partial charge in [-0.15, -0.1) is 0 Å². The summed E-state index contributed by atoms with van der Waals surface area (Å²) in [5.74, 6) is 0. The molecule has 3 nitrogen and oxygen atoms in total. The first-order chi connectivity index (χ1) is 6.22. The summed E-state index contributed by atoms with van der Waals surface area (Å²) < 4.78 is 0. The second kappa shape index (κ2) is 5.58. The molecule has 1 fully saturated rings. The second-order valence-electron chi connectivity index (χ2n) is 3.99. The molecule has 2 N–H and O–H groups in total. The molecule has 1 saturated heterocycles. The molecule has 1 rings (SSSR count). The van der Waals surface area contributed by atoms with E-state index in [2.05, 4.69) is 17.1 Å². The van der Waals surface area contributed by atoms with Gasteiger partial charge in [-0.25, -0.2) is 0 Å². The predicted molar refractivity (Wildman–Crippen MR) is 54.8 cm³/mol. The van der Waals surface area contributed by atoms with Crippen LogP contribution in [0.5, 0.6) is 0 Å². The van der Waals surface area contributed by atoms with Gasteiger partial charge in [0.2, 0.25) is 0 Å². The van der Waals surface area contributed by atoms with Gasteiger partial charge in [0.15, 0.2) is 0 Å². The molecule has 0 aromatic carbocycles. The van der Waals surface area contributed by atoms with Gasteiger partial charge in [-0.3, -0.25) is 4.90 Å². The molecule has 0 aromatic rings. The molecule has 1 aliphatic heterocycles. The summed E-state index contributed by atoms with van der Waals surface area (Å²) in [5.41, 5.74) is 0. The van der Waals surface area contributed by atoms with E-state index < -0.39 is 0 Å². The van der Waals surface area contributed by atoms with Crippen LogP contribution in [0.1, 0.15) is 26.7 Å². The molecule has 13 heavy (non-hydrogen) atoms. The van der Waals surface area contributed by atoms with Crippen molar-refractivity contribution in [2.45, 2.75) is 38.8 Å². The smallest absolute Gasteiger partial charge is 0.0639 e. The molecule has 1 aliphatic rings. The third kappa shape index (κ3) is 4.07. The first-order valence-electron chi connectivity index (χ1n) is 5.36. The van der Waals surface area contributed by atoms with Crippen LogP contribution in [0.3, 0.4) is 0 Å². The molecule has 0 saturated carbocycles. The third-order valence-corrected chi connectivity index (χ3v) is 2.61. The fourth-order valence-electron chi connectivity index (χ4n) is 1.93. The number of aliphatic hydroxyl groups is 1. The molecule has 0 amide bonds. The van der Waals surface area contributed by atoms with Crippen molar-refractivity contribution in [1.82, 2.24) is 10.2 Å². The highest BCUT2D eigenvalue weighted by atomic mass is 16.3. The predicted octanol–water partition coefficient (Wildman–Crippen LogP) is 0.441. The van der Waals surface area contributed by atoms with E-state index in [1.165, 1.54) is 12.8 Å². The van der Waals surface area contributed by atoms with Crippen LogP contribution in [0, 0.1) is 0 Å². The molecule has 0 radical (unpaired) electrons. The first-order valence-corrected chi connectivity index (χ1v) is 5.36. The van der Waals surface area contributed by atoms with Gasteiger partial charge in [0.1, 0.15) is 0 Å². The van der Waals surface area contributed by atoms with Gasteiger partial charge < -0.3 is 10.4 Å². The van der Waals surface area contributed by atoms with Crippen molar-refractivity contribution in [3.05, 3.63) is 0 Å². The zero-order chi connectivity index (χ0) is 9.68. The number of nitrogens with zero attached hydrogens (tertiary/aromatic N) is 1. The Kier molecular flexibility index (Phi) is 4.70. The fraction of sp³-hybridized carbons (Fsp3) is 1.00. The largest absolute Gasteiger partial charge is 0.392 e. The quantitative estimate of drug-likeness (QED) is 0.654. The molecule has 1 unspecified atom stereocenters. The lowest BCUT2D eigenvalue weighted by molar-refractivity contribution is 0.124. The minimum atomic E-state index is -0.207. The summed E-state index contributed by atoms with van der Waals surface area (Å²) in [6.45, 7) is 8.08. The van der Waals surface area contributed by atoms with Crippen molar-refractivity contribution < 1.29 is 5.11 Å². The average Bonchev–Trinajstić information content (AvgIpc) is 2.55. The minimum Gasteiger partial charge on any atom is -0.392 e. The monoisotopic (exact) mass is 186 g/mol. The van der Waals surface area contributed by atoms with Crippen molar-refractivity contribution in [3.8, 4) is 0 Å². The summed E-state index contributed by atoms with van der Waals surface area (Å²) in [5, 5.41) is 12.7. The van der Waals surface area contributed by atoms with Crippen LogP contribution in [-0.4, -0.2) is 48.3 Å². The second-order valence-corrected chi connectivity index (χ2v) is 3.99. The van der Waals surface area contributed by atoms with Crippen LogP contribution in [0.15, 0.2) is 0 Å². The van der Waals surface area contributed by atoms with E-state index in [4.69, 9.17) is 0 Å². The summed E-state index contributed by atoms with van der Waals surface area (Å²) in [4.78, 5) is 2.31. The van der Waals surface area contributed by atoms with Gasteiger partial charge in [0.05, 0.1) is 6.10 Å². The topological polar surface area (TPSA) is 35.5 Å². The normalized spacial score (nSPS) is 25.4. The molecular weight excluding hydrogens is 164 g/mol. The van der Waals surface area contributed by atoms with Crippen molar-refractivity contribution in [2.75, 3.05) is 26.2 Å². The van der Waals surface area contributed by atoms with Crippen molar-refractivity contribution >= 4 is 0 Å². The van der Waals surface area contributed by atoms with E-state index >= 15 is 0 Å². The SMILES string of the molecule is CCN(CC1CCCN1)C[C@@H](C)O. The lowest BCUT2D eigenvalue weighted by Gasteiger charge is -2.25. The maximum Gasteiger partial charge on any atom is 0.0639 e. The van der Waals surface area contributed by atoms with Gasteiger partial charge in [-0.1, -0.05) is 6.92 Å². The zero-order valence-electron chi connectivity index (χ0n) is 8.79. The van der Waals surface area contributed by atoms with E-state index in [1.807, 2.05) is 6.92 Å². The van der Waals surface area contributed by atoms with Crippen LogP contribution in [0.25, 0.3) is 0 Å². The molecule has 1 heterocycles. The highest BCUT2D eigenvalue weighted by Crippen LogP contribution is 2.07. The van der Waals surface area contributed by atoms with Crippen LogP contribution in [0.4, 0.5) is 0 Å². The summed E-state index contributed by atoms with van der Waals surface area (Å²) in [7, 11) is 0. The summed E-state index contributed by atoms with van der Waals surface area (Å²) in [6, 6.07) is 0.652. The number of rotatable bonds is 5. The van der Waals surface area contributed by atoms with Crippen LogP contribution in [-0.2, 0) is 0 Å². The van der Waals surface area contributed by atoms with Gasteiger partial charge in [0, 0.05) is 19.1 Å². The standard InChI is InChI=1S/C10H22N2O/c1-3-12(7-9(2)13)8-10-5-4-6-11-10/h9-11,13H,3-8H2,1-2H3/t9-,10?/m1/s1. The summed E-state index contributed by atoms with van der Waals surface area (Å²) in [6.07, 6.45) is 2.38. The van der Waals surface area contributed by atoms with Crippen LogP contribution >= 0.6 is 0 Å². The van der Waals surface area contributed by atoms with Crippen molar-refractivity contribution in [2.24, 2.45) is 0 Å². The lowest BCUT2D eigenvalue weighted by atomic mass is 10.2. The Bertz CT molecular complexity index is 133. The van der Waals surface area contributed by atoms with Crippen LogP contribution in [0.2, 0.25) is 0 Å². The Labute approximate surface area is 81.1 Å². The highest BCUT2D eigenvalue weighted by molar-refractivity contribution is 4.77. The first kappa shape index (κ1) is 11.0. The highest BCUT2D eigenvalue weighted by Gasteiger charge is 2.17. The van der Waals surface area contributed by atoms with E-state index in [0.717, 1.165) is 26.2 Å². The Hall–Kier alpha value is -0.120. The van der Waals surface area contributed by atoms with Crippen LogP contribution < -0.4 is 5.32 Å². The third-order valence-electron chi connectivity index (χ3n) is 2.61. The molecule has 0 aliphatic carbocycles. The molecule has 78 valence electrons. The number of hydrogen-bond donors (Lipinski definition) is 2. The lowest BCUT2D eigenvalue weighted by Crippen LogP contribution is -2.40. The minimum absolute atomic E-state index is 0.207. The van der Waals surface area contributed by atoms with E-state index in [-0.39, 0.29) is 6.10 Å². The molecule has 3 heteroatoms. The van der Waals surface area contributed by atoms with Gasteiger partial charge in [0.25, 0.3) is 0 Å². The number of likely N-dealkylation sites (N-methyl/N-ethyl adjacent to an activating group) is 1. The molecule has 2 atom stereocenters. The fourth-order valence-corrected chi connectivity index (χ4v) is 1.93. The molecule has 0 spiro atoms. The van der Waals surface area contributed by atoms with E-state index in [1.54, 1.807) is 0 Å². The Morgan fingerprint density at radius 3 is 2.85 bits per heavy atom. The summed E-state index contributed by atoms with van der Waals surface area (Å²) >= 11 is 0. The maximum atomic E-state index is 9.27. The Morgan fingerprint density at radius 2 is 2.38 bits per heavy atom. The number of hydrogen-bond acceptors (Lipinski definition) is 3. The Morgan fingerprint density at radius 1 is 1.62 bits per heavy atom. The van der Waals surface area contributed by atoms with Crippen molar-refractivity contribution in [1.29, 1.82) is 0 Å². The van der Waals surface area contributed by atoms with Gasteiger partial charge >= 0.3 is 0 Å². The molecule has 0 aromatic heterocycles. The zero-order valence-corrected chi connectivity index (χ0v) is 8.79. The number of aliphatic hydroxyl groups excluding tert-OH is 1. The molecule has 0 bridgehead atoms. The van der Waals surface area contributed by atoms with E-state index in [9.17, 15) is 5.11 Å². The maximum absolute atomic E-state index is 9.27. The van der Waals surface area contributed by atoms with E-state index in [0.29, 0.717) is 6.04 Å². The van der Waals surface area contributed by atoms with Crippen molar-refractivity contribution in [3.63, 3.8) is 0 Å². The number of nitrogens with one attached hydrogen (secondary N) is 1. The Balaban J connectivity index is 2.21. The van der Waals surface area contributed by atoms with Gasteiger partial charge in [-0.2, -0.15) is 0 Å².